The Morgan fingerprint density at radius 2 is 2.07 bits per heavy atom. The lowest BCUT2D eigenvalue weighted by molar-refractivity contribution is -0.145. The molecule has 8 heteroatoms. The van der Waals surface area contributed by atoms with Crippen LogP contribution in [0.25, 0.3) is 0 Å². The third kappa shape index (κ3) is 5.78. The lowest BCUT2D eigenvalue weighted by Gasteiger charge is -2.35. The van der Waals surface area contributed by atoms with Crippen molar-refractivity contribution < 1.29 is 17.9 Å². The highest BCUT2D eigenvalue weighted by Gasteiger charge is 2.28. The van der Waals surface area contributed by atoms with E-state index in [1.807, 2.05) is 11.5 Å². The smallest absolute Gasteiger partial charge is 0.307 e. The number of aromatic nitrogens is 2. The zero-order valence-electron chi connectivity index (χ0n) is 16.8. The van der Waals surface area contributed by atoms with Gasteiger partial charge in [0.15, 0.2) is 0 Å². The third-order valence-electron chi connectivity index (χ3n) is 5.12. The molecule has 0 bridgehead atoms. The average Bonchev–Trinajstić information content (AvgIpc) is 3.05. The summed E-state index contributed by atoms with van der Waals surface area (Å²) in [5, 5.41) is 0.174. The van der Waals surface area contributed by atoms with Crippen molar-refractivity contribution in [3.8, 4) is 0 Å². The molecular weight excluding hydrogens is 366 g/mol. The van der Waals surface area contributed by atoms with Crippen molar-refractivity contribution in [1.29, 1.82) is 0 Å². The van der Waals surface area contributed by atoms with Gasteiger partial charge in [0.25, 0.3) is 0 Å². The van der Waals surface area contributed by atoms with Gasteiger partial charge in [-0.1, -0.05) is 26.7 Å². The predicted octanol–water partition coefficient (Wildman–Crippen LogP) is 2.78. The summed E-state index contributed by atoms with van der Waals surface area (Å²) in [5.74, 6) is -0.117. The maximum Gasteiger partial charge on any atom is 0.307 e. The predicted molar refractivity (Wildman–Crippen MR) is 104 cm³/mol. The zero-order chi connectivity index (χ0) is 19.9. The second-order valence-electron chi connectivity index (χ2n) is 7.07. The van der Waals surface area contributed by atoms with E-state index in [4.69, 9.17) is 4.74 Å². The van der Waals surface area contributed by atoms with Crippen LogP contribution in [0.15, 0.2) is 11.4 Å². The first kappa shape index (κ1) is 21.9. The van der Waals surface area contributed by atoms with E-state index < -0.39 is 9.84 Å². The first-order valence-corrected chi connectivity index (χ1v) is 11.7. The average molecular weight is 400 g/mol. The molecule has 1 aliphatic rings. The van der Waals surface area contributed by atoms with Crippen molar-refractivity contribution in [2.75, 3.05) is 18.9 Å². The number of sulfone groups is 1. The van der Waals surface area contributed by atoms with E-state index in [1.165, 1.54) is 0 Å². The number of carbonyl (C=O) groups is 1. The molecule has 1 fully saturated rings. The molecule has 0 radical (unpaired) electrons. The molecule has 1 aromatic rings. The number of imidazole rings is 1. The Balaban J connectivity index is 2.21. The number of esters is 1. The van der Waals surface area contributed by atoms with Gasteiger partial charge in [0, 0.05) is 19.1 Å². The lowest BCUT2D eigenvalue weighted by Crippen LogP contribution is -2.41. The monoisotopic (exact) mass is 399 g/mol. The summed E-state index contributed by atoms with van der Waals surface area (Å²) in [5.41, 5.74) is 0.909. The van der Waals surface area contributed by atoms with Crippen LogP contribution < -0.4 is 0 Å². The highest BCUT2D eigenvalue weighted by Crippen LogP contribution is 2.24. The van der Waals surface area contributed by atoms with E-state index >= 15 is 0 Å². The molecule has 1 atom stereocenters. The van der Waals surface area contributed by atoms with E-state index in [0.717, 1.165) is 44.3 Å². The van der Waals surface area contributed by atoms with Crippen LogP contribution in [0.1, 0.15) is 65.0 Å². The summed E-state index contributed by atoms with van der Waals surface area (Å²) in [6, 6.07) is 0.138. The minimum Gasteiger partial charge on any atom is -0.466 e. The maximum atomic E-state index is 12.4. The Hall–Kier alpha value is -1.41. The Kier molecular flexibility index (Phi) is 8.28. The highest BCUT2D eigenvalue weighted by molar-refractivity contribution is 7.91. The van der Waals surface area contributed by atoms with Crippen molar-refractivity contribution in [2.45, 2.75) is 83.6 Å². The van der Waals surface area contributed by atoms with Crippen LogP contribution in [0.5, 0.6) is 0 Å². The van der Waals surface area contributed by atoms with Crippen LogP contribution in [-0.2, 0) is 32.5 Å². The lowest BCUT2D eigenvalue weighted by atomic mass is 9.99. The summed E-state index contributed by atoms with van der Waals surface area (Å²) in [4.78, 5) is 18.5. The highest BCUT2D eigenvalue weighted by atomic mass is 32.2. The van der Waals surface area contributed by atoms with Gasteiger partial charge in [-0.05, 0) is 32.7 Å². The molecule has 0 amide bonds. The van der Waals surface area contributed by atoms with E-state index in [9.17, 15) is 13.2 Å². The molecule has 7 nitrogen and oxygen atoms in total. The molecular formula is C19H33N3O4S. The number of unbranched alkanes of at least 4 members (excludes halogenated alkanes) is 1. The van der Waals surface area contributed by atoms with Crippen LogP contribution in [0.3, 0.4) is 0 Å². The Labute approximate surface area is 163 Å². The Bertz CT molecular complexity index is 715. The molecule has 0 spiro atoms. The SMILES string of the molecule is CCCCn1c(CN2CCCC[C@H]2CC(=O)OCC)cnc1S(=O)(=O)CC. The zero-order valence-corrected chi connectivity index (χ0v) is 17.6. The van der Waals surface area contributed by atoms with Crippen molar-refractivity contribution in [3.05, 3.63) is 11.9 Å². The molecule has 0 saturated carbocycles. The Morgan fingerprint density at radius 3 is 2.74 bits per heavy atom. The molecule has 1 saturated heterocycles. The van der Waals surface area contributed by atoms with Crippen molar-refractivity contribution >= 4 is 15.8 Å². The van der Waals surface area contributed by atoms with Gasteiger partial charge in [0.1, 0.15) is 0 Å². The van der Waals surface area contributed by atoms with Crippen LogP contribution in [0.2, 0.25) is 0 Å². The molecule has 0 aliphatic carbocycles. The second-order valence-corrected chi connectivity index (χ2v) is 9.24. The van der Waals surface area contributed by atoms with Crippen molar-refractivity contribution in [1.82, 2.24) is 14.5 Å². The van der Waals surface area contributed by atoms with Gasteiger partial charge >= 0.3 is 5.97 Å². The van der Waals surface area contributed by atoms with E-state index in [2.05, 4.69) is 16.8 Å². The van der Waals surface area contributed by atoms with Gasteiger partial charge in [-0.3, -0.25) is 9.69 Å². The number of carbonyl (C=O) groups excluding carboxylic acids is 1. The van der Waals surface area contributed by atoms with Gasteiger partial charge in [-0.15, -0.1) is 0 Å². The fraction of sp³-hybridized carbons (Fsp3) is 0.789. The number of hydrogen-bond donors (Lipinski definition) is 0. The molecule has 1 aliphatic heterocycles. The van der Waals surface area contributed by atoms with Crippen LogP contribution in [-0.4, -0.2) is 53.8 Å². The number of nitrogens with zero attached hydrogens (tertiary/aromatic N) is 3. The Morgan fingerprint density at radius 1 is 1.30 bits per heavy atom. The van der Waals surface area contributed by atoms with E-state index in [-0.39, 0.29) is 22.9 Å². The molecule has 0 unspecified atom stereocenters. The van der Waals surface area contributed by atoms with E-state index in [1.54, 1.807) is 13.1 Å². The second kappa shape index (κ2) is 10.2. The van der Waals surface area contributed by atoms with Crippen LogP contribution in [0.4, 0.5) is 0 Å². The molecule has 1 aromatic heterocycles. The summed E-state index contributed by atoms with van der Waals surface area (Å²) < 4.78 is 31.8. The topological polar surface area (TPSA) is 81.5 Å². The number of hydrogen-bond acceptors (Lipinski definition) is 6. The third-order valence-corrected chi connectivity index (χ3v) is 6.76. The van der Waals surface area contributed by atoms with Gasteiger partial charge in [-0.2, -0.15) is 0 Å². The minimum atomic E-state index is -3.36. The normalized spacial score (nSPS) is 18.6. The van der Waals surface area contributed by atoms with Gasteiger partial charge in [-0.25, -0.2) is 13.4 Å². The van der Waals surface area contributed by atoms with Gasteiger partial charge in [0.2, 0.25) is 15.0 Å². The minimum absolute atomic E-state index is 0.0464. The van der Waals surface area contributed by atoms with Crippen LogP contribution in [0, 0.1) is 0 Å². The first-order valence-electron chi connectivity index (χ1n) is 10.1. The fourth-order valence-corrected chi connectivity index (χ4v) is 4.59. The standard InChI is InChI=1S/C19H33N3O4S/c1-4-7-12-22-17(14-20-19(22)27(24,25)6-3)15-21-11-9-8-10-16(21)13-18(23)26-5-2/h14,16H,4-13,15H2,1-3H3/t16-/m0/s1. The van der Waals surface area contributed by atoms with Crippen LogP contribution >= 0.6 is 0 Å². The number of piperidine rings is 1. The molecule has 154 valence electrons. The number of likely N-dealkylation sites (tertiary alicyclic amines) is 1. The fourth-order valence-electron chi connectivity index (χ4n) is 3.57. The van der Waals surface area contributed by atoms with Gasteiger partial charge < -0.3 is 9.30 Å². The van der Waals surface area contributed by atoms with Gasteiger partial charge in [0.05, 0.1) is 30.7 Å². The first-order chi connectivity index (χ1) is 12.9. The van der Waals surface area contributed by atoms with E-state index in [0.29, 0.717) is 26.1 Å². The molecule has 2 heterocycles. The largest absolute Gasteiger partial charge is 0.466 e. The quantitative estimate of drug-likeness (QED) is 0.563. The number of rotatable bonds is 10. The molecule has 2 rings (SSSR count). The summed E-state index contributed by atoms with van der Waals surface area (Å²) in [6.07, 6.45) is 7.11. The molecule has 0 aromatic carbocycles. The maximum absolute atomic E-state index is 12.4. The number of ether oxygens (including phenoxy) is 1. The van der Waals surface area contributed by atoms with Crippen molar-refractivity contribution in [2.24, 2.45) is 0 Å². The molecule has 27 heavy (non-hydrogen) atoms. The summed E-state index contributed by atoms with van der Waals surface area (Å²) in [6.45, 7) is 8.11. The summed E-state index contributed by atoms with van der Waals surface area (Å²) >= 11 is 0. The molecule has 0 N–H and O–H groups in total. The van der Waals surface area contributed by atoms with Crippen molar-refractivity contribution in [3.63, 3.8) is 0 Å². The summed E-state index contributed by atoms with van der Waals surface area (Å²) in [7, 11) is -3.36.